The Morgan fingerprint density at radius 1 is 1.08 bits per heavy atom. The van der Waals surface area contributed by atoms with Crippen LogP contribution in [0.4, 0.5) is 0 Å². The van der Waals surface area contributed by atoms with Crippen molar-refractivity contribution in [2.75, 3.05) is 0 Å². The number of aromatic hydroxyl groups is 1. The van der Waals surface area contributed by atoms with Crippen molar-refractivity contribution in [2.45, 2.75) is 6.92 Å². The van der Waals surface area contributed by atoms with Gasteiger partial charge in [-0.2, -0.15) is 0 Å². The summed E-state index contributed by atoms with van der Waals surface area (Å²) in [7, 11) is 0. The second-order valence-corrected chi connectivity index (χ2v) is 5.93. The number of fused-ring (bicyclic) bond motifs is 2. The van der Waals surface area contributed by atoms with Gasteiger partial charge < -0.3 is 14.8 Å². The minimum atomic E-state index is -0.624. The van der Waals surface area contributed by atoms with E-state index in [0.29, 0.717) is 5.56 Å². The number of ether oxygens (including phenoxy) is 1. The molecule has 26 heavy (non-hydrogen) atoms. The monoisotopic (exact) mass is 347 g/mol. The SMILES string of the molecule is CC(=O)Oc1ccc(O)c2c1C(=O)C(c1c[nH]c3ccccc13)=CC2=O. The Bertz CT molecular complexity index is 1140. The molecule has 0 atom stereocenters. The van der Waals surface area contributed by atoms with Crippen molar-refractivity contribution < 1.29 is 24.2 Å². The standard InChI is InChI=1S/C20H13NO5/c1-10(22)26-17-7-6-15(23)18-16(24)8-12(20(25)19(17)18)13-9-21-14-5-3-2-4-11(13)14/h2-9,21,23H,1H3. The van der Waals surface area contributed by atoms with E-state index < -0.39 is 17.5 Å². The number of H-pyrrole nitrogens is 1. The summed E-state index contributed by atoms with van der Waals surface area (Å²) < 4.78 is 5.08. The quantitative estimate of drug-likeness (QED) is 0.548. The highest BCUT2D eigenvalue weighted by molar-refractivity contribution is 6.41. The number of aromatic nitrogens is 1. The fraction of sp³-hybridized carbons (Fsp3) is 0.0500. The van der Waals surface area contributed by atoms with Crippen molar-refractivity contribution in [1.82, 2.24) is 4.98 Å². The number of para-hydroxylation sites is 1. The summed E-state index contributed by atoms with van der Waals surface area (Å²) in [5.74, 6) is -2.01. The van der Waals surface area contributed by atoms with Crippen molar-refractivity contribution in [3.05, 3.63) is 65.4 Å². The normalized spacial score (nSPS) is 13.5. The summed E-state index contributed by atoms with van der Waals surface area (Å²) in [4.78, 5) is 40.1. The van der Waals surface area contributed by atoms with Crippen LogP contribution in [0.1, 0.15) is 33.2 Å². The third-order valence-electron chi connectivity index (χ3n) is 4.27. The maximum atomic E-state index is 13.1. The van der Waals surface area contributed by atoms with E-state index >= 15 is 0 Å². The number of carbonyl (C=O) groups excluding carboxylic acids is 3. The molecule has 0 radical (unpaired) electrons. The number of phenolic OH excluding ortho intramolecular Hbond substituents is 1. The van der Waals surface area contributed by atoms with Crippen LogP contribution in [0.15, 0.2) is 48.7 Å². The molecule has 0 unspecified atom stereocenters. The predicted octanol–water partition coefficient (Wildman–Crippen LogP) is 3.26. The lowest BCUT2D eigenvalue weighted by Crippen LogP contribution is -2.19. The van der Waals surface area contributed by atoms with Crippen LogP contribution in [-0.2, 0) is 4.79 Å². The highest BCUT2D eigenvalue weighted by Gasteiger charge is 2.33. The van der Waals surface area contributed by atoms with E-state index in [0.717, 1.165) is 10.9 Å². The zero-order chi connectivity index (χ0) is 18.4. The molecular formula is C20H13NO5. The first-order valence-electron chi connectivity index (χ1n) is 7.89. The van der Waals surface area contributed by atoms with Crippen molar-refractivity contribution in [2.24, 2.45) is 0 Å². The van der Waals surface area contributed by atoms with Gasteiger partial charge in [-0.25, -0.2) is 0 Å². The Balaban J connectivity index is 1.94. The van der Waals surface area contributed by atoms with Gasteiger partial charge in [0, 0.05) is 35.2 Å². The molecule has 2 N–H and O–H groups in total. The average molecular weight is 347 g/mol. The topological polar surface area (TPSA) is 96.5 Å². The Labute approximate surface area is 147 Å². The lowest BCUT2D eigenvalue weighted by atomic mass is 9.85. The molecule has 0 fully saturated rings. The minimum absolute atomic E-state index is 0.0471. The molecule has 0 aliphatic heterocycles. The average Bonchev–Trinajstić information content (AvgIpc) is 3.03. The van der Waals surface area contributed by atoms with Gasteiger partial charge in [-0.1, -0.05) is 18.2 Å². The third-order valence-corrected chi connectivity index (χ3v) is 4.27. The van der Waals surface area contributed by atoms with E-state index in [-0.39, 0.29) is 28.2 Å². The molecule has 0 saturated carbocycles. The van der Waals surface area contributed by atoms with Gasteiger partial charge in [0.25, 0.3) is 0 Å². The maximum Gasteiger partial charge on any atom is 0.308 e. The number of hydrogen-bond donors (Lipinski definition) is 2. The van der Waals surface area contributed by atoms with Crippen LogP contribution in [0.5, 0.6) is 11.5 Å². The molecule has 1 heterocycles. The Morgan fingerprint density at radius 2 is 1.85 bits per heavy atom. The Kier molecular flexibility index (Phi) is 3.47. The summed E-state index contributed by atoms with van der Waals surface area (Å²) in [5, 5.41) is 10.8. The second-order valence-electron chi connectivity index (χ2n) is 5.93. The number of allylic oxidation sites excluding steroid dienone is 2. The van der Waals surface area contributed by atoms with Gasteiger partial charge in [0.15, 0.2) is 11.6 Å². The molecule has 1 aliphatic rings. The van der Waals surface area contributed by atoms with Crippen LogP contribution in [0.25, 0.3) is 16.5 Å². The Hall–Kier alpha value is -3.67. The molecular weight excluding hydrogens is 334 g/mol. The third kappa shape index (κ3) is 2.31. The molecule has 0 bridgehead atoms. The van der Waals surface area contributed by atoms with E-state index in [1.165, 1.54) is 25.1 Å². The molecule has 6 nitrogen and oxygen atoms in total. The van der Waals surface area contributed by atoms with Crippen LogP contribution < -0.4 is 4.74 Å². The molecule has 3 aromatic rings. The smallest absolute Gasteiger partial charge is 0.308 e. The predicted molar refractivity (Wildman–Crippen MR) is 94.4 cm³/mol. The van der Waals surface area contributed by atoms with Gasteiger partial charge in [-0.15, -0.1) is 0 Å². The number of phenols is 1. The van der Waals surface area contributed by atoms with Gasteiger partial charge in [0.2, 0.25) is 0 Å². The van der Waals surface area contributed by atoms with Gasteiger partial charge in [0.05, 0.1) is 11.1 Å². The first-order chi connectivity index (χ1) is 12.5. The molecule has 2 aromatic carbocycles. The molecule has 1 aliphatic carbocycles. The number of ketones is 2. The zero-order valence-corrected chi connectivity index (χ0v) is 13.7. The fourth-order valence-corrected chi connectivity index (χ4v) is 3.19. The highest BCUT2D eigenvalue weighted by Crippen LogP contribution is 2.39. The zero-order valence-electron chi connectivity index (χ0n) is 13.7. The number of aromatic amines is 1. The van der Waals surface area contributed by atoms with E-state index in [4.69, 9.17) is 4.74 Å². The molecule has 6 heteroatoms. The molecule has 4 rings (SSSR count). The number of Topliss-reactive ketones (excluding diaryl/α,β-unsaturated/α-hetero) is 1. The molecule has 0 amide bonds. The summed E-state index contributed by atoms with van der Waals surface area (Å²) >= 11 is 0. The first kappa shape index (κ1) is 15.8. The fourth-order valence-electron chi connectivity index (χ4n) is 3.19. The first-order valence-corrected chi connectivity index (χ1v) is 7.89. The summed E-state index contributed by atoms with van der Waals surface area (Å²) in [6, 6.07) is 9.92. The van der Waals surface area contributed by atoms with Gasteiger partial charge >= 0.3 is 5.97 Å². The molecule has 0 spiro atoms. The van der Waals surface area contributed by atoms with Crippen LogP contribution in [0.3, 0.4) is 0 Å². The van der Waals surface area contributed by atoms with Crippen molar-refractivity contribution in [3.8, 4) is 11.5 Å². The summed E-state index contributed by atoms with van der Waals surface area (Å²) in [5.41, 5.74) is 1.32. The van der Waals surface area contributed by atoms with E-state index in [9.17, 15) is 19.5 Å². The number of benzene rings is 2. The molecule has 1 aromatic heterocycles. The minimum Gasteiger partial charge on any atom is -0.507 e. The van der Waals surface area contributed by atoms with Gasteiger partial charge in [0.1, 0.15) is 11.5 Å². The van der Waals surface area contributed by atoms with Crippen LogP contribution in [0.2, 0.25) is 0 Å². The number of rotatable bonds is 2. The maximum absolute atomic E-state index is 13.1. The van der Waals surface area contributed by atoms with E-state index in [2.05, 4.69) is 4.98 Å². The van der Waals surface area contributed by atoms with E-state index in [1.807, 2.05) is 24.3 Å². The number of esters is 1. The molecule has 0 saturated heterocycles. The van der Waals surface area contributed by atoms with E-state index in [1.54, 1.807) is 6.20 Å². The summed E-state index contributed by atoms with van der Waals surface area (Å²) in [6.45, 7) is 1.20. The lowest BCUT2D eigenvalue weighted by molar-refractivity contribution is -0.131. The van der Waals surface area contributed by atoms with Crippen LogP contribution in [0, 0.1) is 0 Å². The highest BCUT2D eigenvalue weighted by atomic mass is 16.5. The number of carbonyl (C=O) groups is 3. The van der Waals surface area contributed by atoms with Crippen molar-refractivity contribution in [3.63, 3.8) is 0 Å². The van der Waals surface area contributed by atoms with Gasteiger partial charge in [-0.05, 0) is 24.3 Å². The second kappa shape index (κ2) is 5.70. The van der Waals surface area contributed by atoms with Crippen LogP contribution >= 0.6 is 0 Å². The number of nitrogens with one attached hydrogen (secondary N) is 1. The lowest BCUT2D eigenvalue weighted by Gasteiger charge is -2.18. The van der Waals surface area contributed by atoms with Crippen molar-refractivity contribution in [1.29, 1.82) is 0 Å². The van der Waals surface area contributed by atoms with Crippen LogP contribution in [-0.4, -0.2) is 27.6 Å². The Morgan fingerprint density at radius 3 is 2.62 bits per heavy atom. The summed E-state index contributed by atoms with van der Waals surface area (Å²) in [6.07, 6.45) is 2.86. The molecule has 128 valence electrons. The number of hydrogen-bond acceptors (Lipinski definition) is 5. The largest absolute Gasteiger partial charge is 0.507 e. The van der Waals surface area contributed by atoms with Crippen molar-refractivity contribution >= 4 is 34.0 Å². The van der Waals surface area contributed by atoms with Gasteiger partial charge in [-0.3, -0.25) is 14.4 Å².